The molecule has 0 spiro atoms. The topological polar surface area (TPSA) is 76.1 Å². The summed E-state index contributed by atoms with van der Waals surface area (Å²) in [5.41, 5.74) is 0. The van der Waals surface area contributed by atoms with Crippen LogP contribution in [0.3, 0.4) is 0 Å². The Morgan fingerprint density at radius 2 is 1.45 bits per heavy atom. The van der Waals surface area contributed by atoms with Gasteiger partial charge in [-0.25, -0.2) is 0 Å². The van der Waals surface area contributed by atoms with E-state index in [1.165, 1.54) is 0 Å². The Morgan fingerprint density at radius 1 is 0.909 bits per heavy atom. The van der Waals surface area contributed by atoms with Gasteiger partial charge < -0.3 is 19.5 Å². The van der Waals surface area contributed by atoms with Crippen molar-refractivity contribution in [3.05, 3.63) is 0 Å². The molecule has 0 bridgehead atoms. The summed E-state index contributed by atoms with van der Waals surface area (Å²) in [5.74, 6) is -0.319. The number of esters is 2. The lowest BCUT2D eigenvalue weighted by Crippen LogP contribution is -2.25. The summed E-state index contributed by atoms with van der Waals surface area (Å²) in [7, 11) is 1.86. The average molecular weight is 317 g/mol. The van der Waals surface area contributed by atoms with E-state index >= 15 is 0 Å². The van der Waals surface area contributed by atoms with Crippen LogP contribution in [0.25, 0.3) is 0 Å². The lowest BCUT2D eigenvalue weighted by Gasteiger charge is -2.14. The van der Waals surface area contributed by atoms with Gasteiger partial charge in [0, 0.05) is 19.5 Å². The number of aliphatic hydroxyl groups excluding tert-OH is 1. The third-order valence-electron chi connectivity index (χ3n) is 3.20. The molecule has 22 heavy (non-hydrogen) atoms. The Labute approximate surface area is 133 Å². The zero-order valence-electron chi connectivity index (χ0n) is 14.0. The molecule has 0 saturated carbocycles. The molecule has 0 amide bonds. The highest BCUT2D eigenvalue weighted by molar-refractivity contribution is 5.69. The summed E-state index contributed by atoms with van der Waals surface area (Å²) < 4.78 is 10.2. The number of carbonyl (C=O) groups is 2. The molecule has 0 saturated heterocycles. The van der Waals surface area contributed by atoms with Gasteiger partial charge in [0.25, 0.3) is 0 Å². The van der Waals surface area contributed by atoms with E-state index in [0.717, 1.165) is 32.1 Å². The Hall–Kier alpha value is -1.14. The van der Waals surface area contributed by atoms with Crippen molar-refractivity contribution in [2.75, 3.05) is 40.0 Å². The number of ether oxygens (including phenoxy) is 2. The van der Waals surface area contributed by atoms with Crippen LogP contribution in [0.4, 0.5) is 0 Å². The third kappa shape index (κ3) is 13.8. The molecule has 0 rings (SSSR count). The van der Waals surface area contributed by atoms with Gasteiger partial charge >= 0.3 is 11.9 Å². The average Bonchev–Trinajstić information content (AvgIpc) is 2.48. The van der Waals surface area contributed by atoms with Crippen molar-refractivity contribution in [2.24, 2.45) is 0 Å². The second kappa shape index (κ2) is 14.8. The van der Waals surface area contributed by atoms with E-state index in [1.807, 2.05) is 18.9 Å². The number of hydrogen-bond acceptors (Lipinski definition) is 6. The van der Waals surface area contributed by atoms with E-state index in [-0.39, 0.29) is 18.5 Å². The van der Waals surface area contributed by atoms with Gasteiger partial charge in [0.15, 0.2) is 0 Å². The van der Waals surface area contributed by atoms with Crippen LogP contribution >= 0.6 is 0 Å². The third-order valence-corrected chi connectivity index (χ3v) is 3.20. The fraction of sp³-hybridized carbons (Fsp3) is 0.875. The molecule has 1 N–H and O–H groups in total. The van der Waals surface area contributed by atoms with Crippen LogP contribution < -0.4 is 0 Å². The largest absolute Gasteiger partial charge is 0.466 e. The number of carbonyl (C=O) groups excluding carboxylic acids is 2. The van der Waals surface area contributed by atoms with Gasteiger partial charge in [-0.2, -0.15) is 0 Å². The summed E-state index contributed by atoms with van der Waals surface area (Å²) in [4.78, 5) is 24.5. The molecule has 0 aromatic carbocycles. The molecule has 0 heterocycles. The second-order valence-electron chi connectivity index (χ2n) is 5.38. The Kier molecular flexibility index (Phi) is 14.0. The van der Waals surface area contributed by atoms with Crippen molar-refractivity contribution in [3.63, 3.8) is 0 Å². The van der Waals surface area contributed by atoms with E-state index in [9.17, 15) is 9.59 Å². The number of hydrogen-bond donors (Lipinski definition) is 1. The van der Waals surface area contributed by atoms with Crippen LogP contribution in [0.2, 0.25) is 0 Å². The smallest absolute Gasteiger partial charge is 0.307 e. The van der Waals surface area contributed by atoms with Gasteiger partial charge in [0.05, 0.1) is 26.2 Å². The first-order chi connectivity index (χ1) is 10.6. The molecule has 130 valence electrons. The number of unbranched alkanes of at least 4 members (excludes halogenated alkanes) is 3. The Balaban J connectivity index is 3.31. The molecule has 0 aliphatic heterocycles. The maximum Gasteiger partial charge on any atom is 0.307 e. The number of nitrogens with zero attached hydrogens (tertiary/aromatic N) is 1. The predicted octanol–water partition coefficient (Wildman–Crippen LogP) is 1.75. The van der Waals surface area contributed by atoms with Gasteiger partial charge in [-0.1, -0.05) is 6.92 Å². The van der Waals surface area contributed by atoms with Crippen molar-refractivity contribution >= 4 is 11.9 Å². The lowest BCUT2D eigenvalue weighted by molar-refractivity contribution is -0.145. The summed E-state index contributed by atoms with van der Waals surface area (Å²) in [6.07, 6.45) is 5.28. The molecule has 0 aromatic rings. The number of likely N-dealkylation sites (N-methyl/N-ethyl adjacent to an activating group) is 1. The van der Waals surface area contributed by atoms with Gasteiger partial charge in [-0.15, -0.1) is 0 Å². The number of rotatable bonds is 14. The van der Waals surface area contributed by atoms with Crippen molar-refractivity contribution in [2.45, 2.75) is 51.9 Å². The van der Waals surface area contributed by atoms with Crippen molar-refractivity contribution in [3.8, 4) is 0 Å². The van der Waals surface area contributed by atoms with Crippen LogP contribution in [0.1, 0.15) is 51.9 Å². The predicted molar refractivity (Wildman–Crippen MR) is 84.5 cm³/mol. The van der Waals surface area contributed by atoms with Crippen LogP contribution in [0.15, 0.2) is 0 Å². The lowest BCUT2D eigenvalue weighted by atomic mass is 10.2. The van der Waals surface area contributed by atoms with Crippen LogP contribution in [0, 0.1) is 0 Å². The standard InChI is InChI=1S/C16H31NO5/c1-3-8-15(19)21-13-6-4-5-7-14-22-16(20)9-10-17(2)11-12-18/h18H,3-14H2,1-2H3. The molecule has 6 heteroatoms. The minimum absolute atomic E-state index is 0.0965. The van der Waals surface area contributed by atoms with E-state index in [2.05, 4.69) is 0 Å². The molecule has 0 atom stereocenters. The molecule has 6 nitrogen and oxygen atoms in total. The van der Waals surface area contributed by atoms with Crippen molar-refractivity contribution in [1.82, 2.24) is 4.90 Å². The monoisotopic (exact) mass is 317 g/mol. The van der Waals surface area contributed by atoms with Crippen LogP contribution in [0.5, 0.6) is 0 Å². The minimum Gasteiger partial charge on any atom is -0.466 e. The Bertz CT molecular complexity index is 296. The molecule has 0 aliphatic carbocycles. The van der Waals surface area contributed by atoms with E-state index in [1.54, 1.807) is 0 Å². The SMILES string of the molecule is CCCC(=O)OCCCCCCOC(=O)CCN(C)CCO. The summed E-state index contributed by atoms with van der Waals surface area (Å²) in [6, 6.07) is 0. The van der Waals surface area contributed by atoms with Crippen molar-refractivity contribution < 1.29 is 24.2 Å². The molecular weight excluding hydrogens is 286 g/mol. The van der Waals surface area contributed by atoms with Crippen LogP contribution in [-0.2, 0) is 19.1 Å². The fourth-order valence-electron chi connectivity index (χ4n) is 1.84. The first-order valence-corrected chi connectivity index (χ1v) is 8.20. The molecule has 0 fully saturated rings. The quantitative estimate of drug-likeness (QED) is 0.388. The molecule has 0 radical (unpaired) electrons. The maximum absolute atomic E-state index is 11.5. The van der Waals surface area contributed by atoms with Gasteiger partial charge in [0.2, 0.25) is 0 Å². The van der Waals surface area contributed by atoms with Gasteiger partial charge in [-0.3, -0.25) is 9.59 Å². The van der Waals surface area contributed by atoms with Gasteiger partial charge in [0.1, 0.15) is 0 Å². The molecule has 0 aromatic heterocycles. The molecule has 0 unspecified atom stereocenters. The fourth-order valence-corrected chi connectivity index (χ4v) is 1.84. The molecular formula is C16H31NO5. The molecule has 0 aliphatic rings. The second-order valence-corrected chi connectivity index (χ2v) is 5.38. The van der Waals surface area contributed by atoms with Crippen LogP contribution in [-0.4, -0.2) is 61.9 Å². The summed E-state index contributed by atoms with van der Waals surface area (Å²) in [5, 5.41) is 8.74. The summed E-state index contributed by atoms with van der Waals surface area (Å²) >= 11 is 0. The first kappa shape index (κ1) is 20.9. The highest BCUT2D eigenvalue weighted by Gasteiger charge is 2.05. The van der Waals surface area contributed by atoms with E-state index in [0.29, 0.717) is 39.1 Å². The zero-order valence-corrected chi connectivity index (χ0v) is 14.0. The minimum atomic E-state index is -0.196. The number of aliphatic hydroxyl groups is 1. The maximum atomic E-state index is 11.5. The normalized spacial score (nSPS) is 10.7. The first-order valence-electron chi connectivity index (χ1n) is 8.20. The zero-order chi connectivity index (χ0) is 16.6. The highest BCUT2D eigenvalue weighted by Crippen LogP contribution is 2.02. The Morgan fingerprint density at radius 3 is 1.95 bits per heavy atom. The van der Waals surface area contributed by atoms with E-state index < -0.39 is 0 Å². The summed E-state index contributed by atoms with van der Waals surface area (Å²) in [6.45, 7) is 4.14. The van der Waals surface area contributed by atoms with E-state index in [4.69, 9.17) is 14.6 Å². The van der Waals surface area contributed by atoms with Crippen molar-refractivity contribution in [1.29, 1.82) is 0 Å². The van der Waals surface area contributed by atoms with Gasteiger partial charge in [-0.05, 0) is 39.2 Å². The highest BCUT2D eigenvalue weighted by atomic mass is 16.5.